The molecule has 8 heterocycles. The van der Waals surface area contributed by atoms with Crippen molar-refractivity contribution in [3.8, 4) is 0 Å². The van der Waals surface area contributed by atoms with Gasteiger partial charge in [0.2, 0.25) is 11.9 Å². The van der Waals surface area contributed by atoms with E-state index < -0.39 is 47.0 Å². The second kappa shape index (κ2) is 20.7. The van der Waals surface area contributed by atoms with Gasteiger partial charge in [0.15, 0.2) is 11.6 Å². The second-order valence-corrected chi connectivity index (χ2v) is 18.6. The molecular weight excluding hydrogens is 1020 g/mol. The number of aromatic nitrogens is 6. The highest BCUT2D eigenvalue weighted by atomic mass is 19.4. The van der Waals surface area contributed by atoms with Crippen LogP contribution in [-0.4, -0.2) is 95.5 Å². The Balaban J connectivity index is 1.23. The van der Waals surface area contributed by atoms with Crippen molar-refractivity contribution in [2.24, 2.45) is 0 Å². The van der Waals surface area contributed by atoms with Crippen molar-refractivity contribution >= 4 is 46.5 Å². The summed E-state index contributed by atoms with van der Waals surface area (Å²) in [4.78, 5) is 35.4. The molecule has 0 atom stereocenters. The first-order chi connectivity index (χ1) is 36.2. The van der Waals surface area contributed by atoms with Gasteiger partial charge in [0.05, 0.1) is 58.2 Å². The Hall–Kier alpha value is -7.18. The molecule has 4 aromatic heterocycles. The Morgan fingerprint density at radius 1 is 0.408 bits per heavy atom. The lowest BCUT2D eigenvalue weighted by Crippen LogP contribution is -2.41. The molecule has 2 saturated heterocycles. The van der Waals surface area contributed by atoms with Crippen LogP contribution in [0, 0.1) is 0 Å². The van der Waals surface area contributed by atoms with E-state index in [1.807, 2.05) is 9.80 Å². The number of morpholine rings is 1. The van der Waals surface area contributed by atoms with Gasteiger partial charge in [-0.2, -0.15) is 62.7 Å². The molecule has 25 heteroatoms. The number of alkyl halides is 12. The first kappa shape index (κ1) is 52.3. The number of pyridine rings is 2. The molecule has 6 aromatic rings. The van der Waals surface area contributed by atoms with Crippen LogP contribution in [0.5, 0.6) is 0 Å². The summed E-state index contributed by atoms with van der Waals surface area (Å²) in [5.41, 5.74) is -2.55. The summed E-state index contributed by atoms with van der Waals surface area (Å²) in [5, 5.41) is 2.86. The first-order valence-electron chi connectivity index (χ1n) is 24.6. The second-order valence-electron chi connectivity index (χ2n) is 18.6. The Morgan fingerprint density at radius 3 is 1.20 bits per heavy atom. The molecule has 2 aromatic carbocycles. The number of benzene rings is 2. The van der Waals surface area contributed by atoms with Gasteiger partial charge in [-0.3, -0.25) is 0 Å². The maximum Gasteiger partial charge on any atom is 0.419 e. The van der Waals surface area contributed by atoms with Crippen molar-refractivity contribution in [1.82, 2.24) is 29.9 Å². The number of nitrogens with zero attached hydrogens (tertiary/aromatic N) is 12. The van der Waals surface area contributed by atoms with E-state index in [2.05, 4.69) is 9.97 Å². The van der Waals surface area contributed by atoms with Gasteiger partial charge >= 0.3 is 24.7 Å². The van der Waals surface area contributed by atoms with Crippen molar-refractivity contribution in [3.63, 3.8) is 0 Å². The topological polar surface area (TPSA) is 106 Å². The minimum absolute atomic E-state index is 0.00224. The summed E-state index contributed by atoms with van der Waals surface area (Å²) < 4.78 is 180. The van der Waals surface area contributed by atoms with E-state index >= 15 is 0 Å². The summed E-state index contributed by atoms with van der Waals surface area (Å²) in [6.07, 6.45) is -14.4. The van der Waals surface area contributed by atoms with Crippen molar-refractivity contribution in [1.29, 1.82) is 0 Å². The number of rotatable bonds is 9. The summed E-state index contributed by atoms with van der Waals surface area (Å²) in [7, 11) is 0. The van der Waals surface area contributed by atoms with Gasteiger partial charge in [-0.1, -0.05) is 0 Å². The molecule has 0 saturated carbocycles. The number of hydrazine groups is 1. The van der Waals surface area contributed by atoms with Gasteiger partial charge in [-0.25, -0.2) is 30.0 Å². The highest BCUT2D eigenvalue weighted by Crippen LogP contribution is 2.45. The van der Waals surface area contributed by atoms with Crippen molar-refractivity contribution in [2.45, 2.75) is 69.7 Å². The van der Waals surface area contributed by atoms with Gasteiger partial charge in [0, 0.05) is 88.7 Å². The Kier molecular flexibility index (Phi) is 14.3. The largest absolute Gasteiger partial charge is 0.419 e. The lowest BCUT2D eigenvalue weighted by molar-refractivity contribution is -0.138. The molecule has 0 spiro atoms. The Morgan fingerprint density at radius 2 is 0.803 bits per heavy atom. The fraction of sp³-hybridized carbons (Fsp3) is 0.412. The summed E-state index contributed by atoms with van der Waals surface area (Å²) in [5.74, 6) is -0.306. The molecule has 0 aliphatic carbocycles. The first-order valence-corrected chi connectivity index (χ1v) is 24.6. The van der Waals surface area contributed by atoms with E-state index in [0.717, 1.165) is 55.7 Å². The molecule has 4 aliphatic heterocycles. The third kappa shape index (κ3) is 10.9. The van der Waals surface area contributed by atoms with E-state index in [9.17, 15) is 52.7 Å². The predicted octanol–water partition coefficient (Wildman–Crippen LogP) is 11.1. The maximum absolute atomic E-state index is 14.5. The average Bonchev–Trinajstić information content (AvgIpc) is 3.77. The zero-order chi connectivity index (χ0) is 53.6. The van der Waals surface area contributed by atoms with E-state index in [0.29, 0.717) is 35.6 Å². The SMILES string of the molecule is FC(F)(F)c1ccc(N(c2nc(N3CCCCC3)nc3c2CCN(c2ncccc2C(F)(F)F)CC3)N(c2ccc(C(F)(F)F)cc2)c2nc(N3CCOCC3)nc3c2CCN(c2ncccc2C(F)(F)F)CC3)cc1. The lowest BCUT2D eigenvalue weighted by atomic mass is 10.1. The molecule has 402 valence electrons. The number of anilines is 8. The monoisotopic (exact) mass is 1070 g/mol. The number of hydrogen-bond acceptors (Lipinski definition) is 13. The van der Waals surface area contributed by atoms with Gasteiger partial charge < -0.3 is 24.3 Å². The highest BCUT2D eigenvalue weighted by Gasteiger charge is 2.41. The van der Waals surface area contributed by atoms with Crippen LogP contribution < -0.4 is 29.6 Å². The van der Waals surface area contributed by atoms with E-state index in [4.69, 9.17) is 24.7 Å². The van der Waals surface area contributed by atoms with Crippen LogP contribution in [0.3, 0.4) is 0 Å². The number of piperidine rings is 1. The summed E-state index contributed by atoms with van der Waals surface area (Å²) >= 11 is 0. The highest BCUT2D eigenvalue weighted by molar-refractivity contribution is 5.79. The summed E-state index contributed by atoms with van der Waals surface area (Å²) in [6.45, 7) is 1.91. The number of halogens is 12. The molecule has 0 N–H and O–H groups in total. The fourth-order valence-corrected chi connectivity index (χ4v) is 10.0. The molecule has 13 nitrogen and oxygen atoms in total. The van der Waals surface area contributed by atoms with Crippen molar-refractivity contribution in [2.75, 3.05) is 95.2 Å². The van der Waals surface area contributed by atoms with Gasteiger partial charge in [-0.15, -0.1) is 0 Å². The average molecular weight is 1070 g/mol. The van der Waals surface area contributed by atoms with Gasteiger partial charge in [0.25, 0.3) is 0 Å². The van der Waals surface area contributed by atoms with Crippen molar-refractivity contribution < 1.29 is 57.4 Å². The molecule has 0 bridgehead atoms. The Labute approximate surface area is 427 Å². The van der Waals surface area contributed by atoms with Crippen LogP contribution >= 0.6 is 0 Å². The normalized spacial score (nSPS) is 16.9. The molecule has 4 aliphatic rings. The predicted molar refractivity (Wildman–Crippen MR) is 258 cm³/mol. The Bertz CT molecular complexity index is 2810. The van der Waals surface area contributed by atoms with Crippen LogP contribution in [0.2, 0.25) is 0 Å². The molecule has 10 rings (SSSR count). The molecule has 0 radical (unpaired) electrons. The zero-order valence-electron chi connectivity index (χ0n) is 40.4. The third-order valence-electron chi connectivity index (χ3n) is 13.8. The fourth-order valence-electron chi connectivity index (χ4n) is 10.0. The van der Waals surface area contributed by atoms with E-state index in [1.165, 1.54) is 68.6 Å². The van der Waals surface area contributed by atoms with Crippen LogP contribution in [0.1, 0.15) is 64.0 Å². The summed E-state index contributed by atoms with van der Waals surface area (Å²) in [6, 6.07) is 12.2. The minimum Gasteiger partial charge on any atom is -0.378 e. The number of fused-ring (bicyclic) bond motifs is 2. The van der Waals surface area contributed by atoms with E-state index in [1.54, 1.807) is 0 Å². The smallest absolute Gasteiger partial charge is 0.378 e. The van der Waals surface area contributed by atoms with Crippen LogP contribution in [0.25, 0.3) is 0 Å². The number of hydrogen-bond donors (Lipinski definition) is 0. The minimum atomic E-state index is -4.81. The molecule has 76 heavy (non-hydrogen) atoms. The van der Waals surface area contributed by atoms with Crippen LogP contribution in [-0.2, 0) is 55.1 Å². The zero-order valence-corrected chi connectivity index (χ0v) is 40.4. The molecule has 2 fully saturated rings. The number of ether oxygens (including phenoxy) is 1. The van der Waals surface area contributed by atoms with E-state index in [-0.39, 0.29) is 125 Å². The standard InChI is InChI=1S/C51H48F12N12O/c52-48(53,54)32-8-12-34(13-9-32)74(42-36-16-24-70(44-38(50(58,59)60)6-4-20-64-44)26-18-40(36)66-46(68-42)72-22-2-1-3-23-72)75(35-14-10-33(11-15-35)49(55,56)57)43-37-17-25-71(45-39(51(61,62)63)7-5-21-65-45)27-19-41(37)67-47(69-43)73-28-30-76-31-29-73/h4-15,20-21H,1-3,16-19,22-31H2. The van der Waals surface area contributed by atoms with Gasteiger partial charge in [0.1, 0.15) is 11.6 Å². The van der Waals surface area contributed by atoms with Gasteiger partial charge in [-0.05, 0) is 105 Å². The third-order valence-corrected chi connectivity index (χ3v) is 13.8. The van der Waals surface area contributed by atoms with Crippen LogP contribution in [0.4, 0.5) is 99.2 Å². The molecule has 0 amide bonds. The lowest BCUT2D eigenvalue weighted by Gasteiger charge is -2.40. The maximum atomic E-state index is 14.5. The quantitative estimate of drug-likeness (QED) is 0.101. The molecule has 0 unspecified atom stereocenters. The van der Waals surface area contributed by atoms with Crippen molar-refractivity contribution in [3.05, 3.63) is 130 Å². The van der Waals surface area contributed by atoms with Crippen LogP contribution in [0.15, 0.2) is 85.2 Å². The molecular formula is C51H48F12N12O.